The fourth-order valence-corrected chi connectivity index (χ4v) is 6.14. The molecular weight excluding hydrogens is 472 g/mol. The third-order valence-corrected chi connectivity index (χ3v) is 7.28. The molecule has 1 aliphatic heterocycles. The average molecular weight is 511 g/mol. The molecule has 0 saturated heterocycles. The maximum Gasteiger partial charge on any atom is 0.138 e. The summed E-state index contributed by atoms with van der Waals surface area (Å²) >= 11 is 0. The highest BCUT2D eigenvalue weighted by atomic mass is 16.5. The van der Waals surface area contributed by atoms with Gasteiger partial charge in [0.2, 0.25) is 0 Å². The first-order valence-corrected chi connectivity index (χ1v) is 13.5. The Kier molecular flexibility index (Phi) is 6.54. The van der Waals surface area contributed by atoms with Crippen LogP contribution in [0.5, 0.6) is 17.2 Å². The topological polar surface area (TPSA) is 47.9 Å². The van der Waals surface area contributed by atoms with Crippen LogP contribution in [0.15, 0.2) is 66.2 Å². The first-order chi connectivity index (χ1) is 18.1. The van der Waals surface area contributed by atoms with E-state index in [1.165, 1.54) is 5.57 Å². The van der Waals surface area contributed by atoms with Crippen LogP contribution in [-0.2, 0) is 4.74 Å². The van der Waals surface area contributed by atoms with Crippen molar-refractivity contribution in [2.24, 2.45) is 10.8 Å². The van der Waals surface area contributed by atoms with E-state index >= 15 is 0 Å². The Bertz CT molecular complexity index is 1550. The first kappa shape index (κ1) is 26.0. The highest BCUT2D eigenvalue weighted by Crippen LogP contribution is 2.54. The number of phenols is 1. The van der Waals surface area contributed by atoms with Crippen molar-refractivity contribution in [2.75, 3.05) is 19.8 Å². The Morgan fingerprint density at radius 3 is 2.26 bits per heavy atom. The lowest BCUT2D eigenvalue weighted by atomic mass is 9.71. The van der Waals surface area contributed by atoms with Gasteiger partial charge in [0.1, 0.15) is 23.0 Å². The van der Waals surface area contributed by atoms with Crippen LogP contribution in [-0.4, -0.2) is 24.9 Å². The number of benzene rings is 4. The van der Waals surface area contributed by atoms with Gasteiger partial charge in [0.25, 0.3) is 0 Å². The largest absolute Gasteiger partial charge is 0.508 e. The third kappa shape index (κ3) is 4.36. The van der Waals surface area contributed by atoms with Gasteiger partial charge in [0, 0.05) is 16.5 Å². The van der Waals surface area contributed by atoms with E-state index in [9.17, 15) is 5.11 Å². The number of phenolic OH excluding ortho intramolecular Hbond substituents is 1. The van der Waals surface area contributed by atoms with E-state index in [1.807, 2.05) is 32.0 Å². The fourth-order valence-electron chi connectivity index (χ4n) is 6.14. The molecule has 5 rings (SSSR count). The lowest BCUT2D eigenvalue weighted by molar-refractivity contribution is 0.212. The van der Waals surface area contributed by atoms with Crippen LogP contribution in [0.4, 0.5) is 0 Å². The van der Waals surface area contributed by atoms with Gasteiger partial charge in [-0.3, -0.25) is 0 Å². The Morgan fingerprint density at radius 2 is 1.55 bits per heavy atom. The Balaban J connectivity index is 2.00. The van der Waals surface area contributed by atoms with E-state index in [-0.39, 0.29) is 16.6 Å². The molecular formula is C34H38O4. The molecule has 1 N–H and O–H groups in total. The summed E-state index contributed by atoms with van der Waals surface area (Å²) < 4.78 is 19.3. The van der Waals surface area contributed by atoms with Crippen LogP contribution in [0.1, 0.15) is 54.0 Å². The van der Waals surface area contributed by atoms with E-state index < -0.39 is 0 Å². The monoisotopic (exact) mass is 510 g/mol. The smallest absolute Gasteiger partial charge is 0.138 e. The quantitative estimate of drug-likeness (QED) is 0.281. The van der Waals surface area contributed by atoms with E-state index in [0.29, 0.717) is 19.8 Å². The van der Waals surface area contributed by atoms with Crippen molar-refractivity contribution in [1.82, 2.24) is 0 Å². The Labute approximate surface area is 225 Å². The summed E-state index contributed by atoms with van der Waals surface area (Å²) in [6.07, 6.45) is 0. The normalized spacial score (nSPS) is 15.2. The molecule has 0 spiro atoms. The molecule has 0 fully saturated rings. The van der Waals surface area contributed by atoms with Gasteiger partial charge in [-0.1, -0.05) is 65.0 Å². The SMILES string of the molecule is CCOc1ccc2ccccc2c1-c1c(OCC)c(C2=C(C(C)(C)C)C(C)(C)CO2)cc2cc(O)ccc12. The molecule has 4 nitrogen and oxygen atoms in total. The molecule has 4 aromatic rings. The van der Waals surface area contributed by atoms with E-state index in [1.54, 1.807) is 6.07 Å². The molecule has 4 aromatic carbocycles. The summed E-state index contributed by atoms with van der Waals surface area (Å²) in [5.41, 5.74) is 3.88. The molecule has 0 radical (unpaired) electrons. The predicted molar refractivity (Wildman–Crippen MR) is 157 cm³/mol. The molecule has 0 aromatic heterocycles. The molecule has 0 saturated carbocycles. The zero-order valence-electron chi connectivity index (χ0n) is 23.6. The van der Waals surface area contributed by atoms with Gasteiger partial charge in [-0.15, -0.1) is 0 Å². The molecule has 0 atom stereocenters. The molecule has 0 aliphatic carbocycles. The third-order valence-electron chi connectivity index (χ3n) is 7.28. The fraction of sp³-hybridized carbons (Fsp3) is 0.353. The van der Waals surface area contributed by atoms with Gasteiger partial charge in [-0.2, -0.15) is 0 Å². The minimum atomic E-state index is -0.124. The van der Waals surface area contributed by atoms with Crippen LogP contribution >= 0.6 is 0 Å². The zero-order chi connectivity index (χ0) is 27.2. The van der Waals surface area contributed by atoms with Crippen LogP contribution in [0.3, 0.4) is 0 Å². The zero-order valence-corrected chi connectivity index (χ0v) is 23.6. The number of fused-ring (bicyclic) bond motifs is 2. The van der Waals surface area contributed by atoms with Crippen LogP contribution < -0.4 is 9.47 Å². The molecule has 38 heavy (non-hydrogen) atoms. The first-order valence-electron chi connectivity index (χ1n) is 13.5. The van der Waals surface area contributed by atoms with Gasteiger partial charge >= 0.3 is 0 Å². The van der Waals surface area contributed by atoms with Crippen molar-refractivity contribution in [2.45, 2.75) is 48.5 Å². The minimum absolute atomic E-state index is 0.108. The van der Waals surface area contributed by atoms with Crippen molar-refractivity contribution in [3.63, 3.8) is 0 Å². The summed E-state index contributed by atoms with van der Waals surface area (Å²) in [7, 11) is 0. The van der Waals surface area contributed by atoms with Crippen molar-refractivity contribution in [3.05, 3.63) is 71.8 Å². The Hall–Kier alpha value is -3.66. The van der Waals surface area contributed by atoms with E-state index in [2.05, 4.69) is 71.0 Å². The lowest BCUT2D eigenvalue weighted by Crippen LogP contribution is -2.24. The van der Waals surface area contributed by atoms with Gasteiger partial charge in [-0.25, -0.2) is 0 Å². The predicted octanol–water partition coefficient (Wildman–Crippen LogP) is 8.98. The number of hydrogen-bond acceptors (Lipinski definition) is 4. The van der Waals surface area contributed by atoms with Gasteiger partial charge in [-0.05, 0) is 76.7 Å². The highest BCUT2D eigenvalue weighted by molar-refractivity contribution is 6.11. The van der Waals surface area contributed by atoms with Crippen LogP contribution in [0.25, 0.3) is 38.4 Å². The molecule has 4 heteroatoms. The second-order valence-electron chi connectivity index (χ2n) is 11.7. The van der Waals surface area contributed by atoms with Crippen molar-refractivity contribution in [1.29, 1.82) is 0 Å². The van der Waals surface area contributed by atoms with Gasteiger partial charge < -0.3 is 19.3 Å². The maximum atomic E-state index is 10.5. The van der Waals surface area contributed by atoms with Crippen LogP contribution in [0.2, 0.25) is 0 Å². The van der Waals surface area contributed by atoms with Gasteiger partial charge in [0.15, 0.2) is 0 Å². The van der Waals surface area contributed by atoms with Crippen molar-refractivity contribution < 1.29 is 19.3 Å². The number of ether oxygens (including phenoxy) is 3. The molecule has 198 valence electrons. The second-order valence-corrected chi connectivity index (χ2v) is 11.7. The average Bonchev–Trinajstić information content (AvgIpc) is 3.19. The summed E-state index contributed by atoms with van der Waals surface area (Å²) in [6.45, 7) is 16.9. The molecule has 0 amide bonds. The molecule has 0 bridgehead atoms. The molecule has 1 heterocycles. The maximum absolute atomic E-state index is 10.5. The molecule has 0 unspecified atom stereocenters. The van der Waals surface area contributed by atoms with Crippen molar-refractivity contribution in [3.8, 4) is 28.4 Å². The Morgan fingerprint density at radius 1 is 0.842 bits per heavy atom. The van der Waals surface area contributed by atoms with E-state index in [0.717, 1.165) is 55.5 Å². The summed E-state index contributed by atoms with van der Waals surface area (Å²) in [6, 6.07) is 20.2. The molecule has 1 aliphatic rings. The van der Waals surface area contributed by atoms with E-state index in [4.69, 9.17) is 14.2 Å². The summed E-state index contributed by atoms with van der Waals surface area (Å²) in [5, 5.41) is 14.6. The highest BCUT2D eigenvalue weighted by Gasteiger charge is 2.42. The minimum Gasteiger partial charge on any atom is -0.508 e. The number of hydrogen-bond donors (Lipinski definition) is 1. The van der Waals surface area contributed by atoms with Crippen LogP contribution in [0, 0.1) is 10.8 Å². The number of rotatable bonds is 6. The van der Waals surface area contributed by atoms with Gasteiger partial charge in [0.05, 0.1) is 25.4 Å². The summed E-state index contributed by atoms with van der Waals surface area (Å²) in [4.78, 5) is 0. The lowest BCUT2D eigenvalue weighted by Gasteiger charge is -2.31. The van der Waals surface area contributed by atoms with Crippen molar-refractivity contribution >= 4 is 27.3 Å². The number of aromatic hydroxyl groups is 1. The standard InChI is InChI=1S/C34H38O4/c1-8-36-27-17-14-21-12-10-11-13-24(21)28(27)29-25-16-15-23(35)18-22(25)19-26(30(29)37-9-2)31-32(33(3,4)5)34(6,7)20-38-31/h10-19,35H,8-9,20H2,1-7H3. The second kappa shape index (κ2) is 9.58. The summed E-state index contributed by atoms with van der Waals surface area (Å²) in [5.74, 6) is 2.67.